The number of carbonyl (C=O) groups is 4. The lowest BCUT2D eigenvalue weighted by Gasteiger charge is -2.26. The van der Waals surface area contributed by atoms with Gasteiger partial charge in [0.1, 0.15) is 23.9 Å². The Hall–Kier alpha value is -5.11. The molecule has 242 valence electrons. The number of carboxylic acids is 1. The molecular weight excluding hydrogens is 580 g/mol. The Bertz CT molecular complexity index is 1500. The average Bonchev–Trinajstić information content (AvgIpc) is 3.40. The van der Waals surface area contributed by atoms with Crippen molar-refractivity contribution in [2.45, 2.75) is 63.7 Å². The predicted octanol–water partition coefficient (Wildman–Crippen LogP) is 0.235. The topological polar surface area (TPSA) is 251 Å². The highest BCUT2D eigenvalue weighted by Crippen LogP contribution is 2.20. The lowest BCUT2D eigenvalue weighted by molar-refractivity contribution is -0.142. The monoisotopic (exact) mass is 622 g/mol. The molecule has 4 unspecified atom stereocenters. The van der Waals surface area contributed by atoms with Gasteiger partial charge in [-0.1, -0.05) is 44.2 Å². The first kappa shape index (κ1) is 34.4. The van der Waals surface area contributed by atoms with Gasteiger partial charge in [-0.25, -0.2) is 4.79 Å². The standard InChI is InChI=1S/C31H42N8O6/c1-17(2)26(32)29(43)37-23(8-5-13-35-31(33)34)27(41)38-24(15-19-16-36-22-7-4-3-6-21(19)22)28(42)39-25(30(44)45)14-18-9-11-20(40)12-10-18/h3-4,6-7,9-12,16-17,23-26,36,40H,5,8,13-15,32H2,1-2H3,(H,37,43)(H,38,41)(H,39,42)(H,44,45)(H4,33,34,35). The van der Waals surface area contributed by atoms with Crippen LogP contribution in [0.1, 0.15) is 37.8 Å². The van der Waals surface area contributed by atoms with Crippen molar-refractivity contribution in [1.29, 1.82) is 0 Å². The average molecular weight is 623 g/mol. The van der Waals surface area contributed by atoms with Crippen LogP contribution in [0.15, 0.2) is 59.7 Å². The van der Waals surface area contributed by atoms with E-state index in [2.05, 4.69) is 25.9 Å². The van der Waals surface area contributed by atoms with E-state index >= 15 is 0 Å². The zero-order chi connectivity index (χ0) is 33.1. The Labute approximate surface area is 260 Å². The molecule has 0 saturated carbocycles. The molecule has 14 heteroatoms. The largest absolute Gasteiger partial charge is 0.508 e. The first-order valence-electron chi connectivity index (χ1n) is 14.6. The van der Waals surface area contributed by atoms with E-state index in [9.17, 15) is 29.4 Å². The summed E-state index contributed by atoms with van der Waals surface area (Å²) in [4.78, 5) is 59.4. The minimum atomic E-state index is -1.33. The minimum absolute atomic E-state index is 0.0189. The number of fused-ring (bicyclic) bond motifs is 1. The summed E-state index contributed by atoms with van der Waals surface area (Å²) in [5.41, 5.74) is 18.9. The molecule has 0 aliphatic rings. The number of nitrogens with two attached hydrogens (primary N) is 3. The summed E-state index contributed by atoms with van der Waals surface area (Å²) in [6, 6.07) is 8.87. The normalized spacial score (nSPS) is 13.8. The van der Waals surface area contributed by atoms with Crippen LogP contribution in [0.2, 0.25) is 0 Å². The lowest BCUT2D eigenvalue weighted by Crippen LogP contribution is -2.58. The van der Waals surface area contributed by atoms with E-state index in [-0.39, 0.29) is 43.4 Å². The van der Waals surface area contributed by atoms with E-state index in [1.165, 1.54) is 12.1 Å². The number of amides is 3. The van der Waals surface area contributed by atoms with Gasteiger partial charge < -0.3 is 48.3 Å². The number of aromatic hydroxyl groups is 1. The number of aromatic amines is 1. The number of hydrogen-bond acceptors (Lipinski definition) is 7. The van der Waals surface area contributed by atoms with Crippen LogP contribution in [0, 0.1) is 5.92 Å². The summed E-state index contributed by atoms with van der Waals surface area (Å²) in [5, 5.41) is 28.2. The molecule has 45 heavy (non-hydrogen) atoms. The molecule has 1 aromatic heterocycles. The van der Waals surface area contributed by atoms with Gasteiger partial charge >= 0.3 is 5.97 Å². The first-order chi connectivity index (χ1) is 21.3. The summed E-state index contributed by atoms with van der Waals surface area (Å²) >= 11 is 0. The van der Waals surface area contributed by atoms with Gasteiger partial charge in [0, 0.05) is 36.5 Å². The van der Waals surface area contributed by atoms with Crippen molar-refractivity contribution < 1.29 is 29.4 Å². The maximum Gasteiger partial charge on any atom is 0.326 e. The van der Waals surface area contributed by atoms with Crippen molar-refractivity contribution in [3.05, 3.63) is 65.9 Å². The highest BCUT2D eigenvalue weighted by Gasteiger charge is 2.31. The number of aliphatic imine (C=N–C) groups is 1. The zero-order valence-corrected chi connectivity index (χ0v) is 25.3. The molecule has 0 saturated heterocycles. The van der Waals surface area contributed by atoms with E-state index < -0.39 is 47.9 Å². The molecule has 0 spiro atoms. The molecule has 12 N–H and O–H groups in total. The first-order valence-corrected chi connectivity index (χ1v) is 14.6. The number of para-hydroxylation sites is 1. The third kappa shape index (κ3) is 10.2. The molecule has 0 aliphatic carbocycles. The molecular formula is C31H42N8O6. The smallest absolute Gasteiger partial charge is 0.326 e. The van der Waals surface area contributed by atoms with Crippen molar-refractivity contribution >= 4 is 40.6 Å². The van der Waals surface area contributed by atoms with E-state index in [0.29, 0.717) is 17.5 Å². The van der Waals surface area contributed by atoms with Crippen LogP contribution in [-0.2, 0) is 32.0 Å². The van der Waals surface area contributed by atoms with Crippen LogP contribution in [0.3, 0.4) is 0 Å². The van der Waals surface area contributed by atoms with Crippen LogP contribution >= 0.6 is 0 Å². The van der Waals surface area contributed by atoms with Gasteiger partial charge in [-0.05, 0) is 48.1 Å². The number of carbonyl (C=O) groups excluding carboxylic acids is 3. The van der Waals surface area contributed by atoms with E-state index in [4.69, 9.17) is 17.2 Å². The Morgan fingerprint density at radius 3 is 2.13 bits per heavy atom. The van der Waals surface area contributed by atoms with E-state index in [1.807, 2.05) is 24.3 Å². The number of aliphatic carboxylic acids is 1. The Morgan fingerprint density at radius 1 is 0.867 bits per heavy atom. The number of nitrogens with zero attached hydrogens (tertiary/aromatic N) is 1. The molecule has 0 aliphatic heterocycles. The Morgan fingerprint density at radius 2 is 1.49 bits per heavy atom. The number of carboxylic acid groups (broad SMARTS) is 1. The molecule has 3 rings (SSSR count). The van der Waals surface area contributed by atoms with Gasteiger partial charge in [0.05, 0.1) is 6.04 Å². The number of guanidine groups is 1. The van der Waals surface area contributed by atoms with E-state index in [0.717, 1.165) is 10.9 Å². The fourth-order valence-electron chi connectivity index (χ4n) is 4.69. The van der Waals surface area contributed by atoms with Gasteiger partial charge in [0.15, 0.2) is 5.96 Å². The van der Waals surface area contributed by atoms with Gasteiger partial charge in [-0.15, -0.1) is 0 Å². The number of benzene rings is 2. The number of nitrogens with one attached hydrogen (secondary N) is 4. The quantitative estimate of drug-likeness (QED) is 0.0601. The molecule has 0 radical (unpaired) electrons. The number of hydrogen-bond donors (Lipinski definition) is 9. The Kier molecular flexibility index (Phi) is 12.3. The number of phenols is 1. The fourth-order valence-corrected chi connectivity index (χ4v) is 4.69. The Balaban J connectivity index is 1.87. The molecule has 3 amide bonds. The van der Waals surface area contributed by atoms with E-state index in [1.54, 1.807) is 32.2 Å². The number of rotatable bonds is 16. The van der Waals surface area contributed by atoms with Gasteiger partial charge in [0.2, 0.25) is 17.7 Å². The highest BCUT2D eigenvalue weighted by molar-refractivity contribution is 5.95. The van der Waals surface area contributed by atoms with Crippen LogP contribution in [0.4, 0.5) is 0 Å². The van der Waals surface area contributed by atoms with Gasteiger partial charge in [-0.2, -0.15) is 0 Å². The summed E-state index contributed by atoms with van der Waals surface area (Å²) in [7, 11) is 0. The van der Waals surface area contributed by atoms with Crippen molar-refractivity contribution in [2.24, 2.45) is 28.1 Å². The molecule has 0 fully saturated rings. The predicted molar refractivity (Wildman–Crippen MR) is 170 cm³/mol. The molecule has 4 atom stereocenters. The second kappa shape index (κ2) is 16.1. The third-order valence-electron chi connectivity index (χ3n) is 7.32. The maximum atomic E-state index is 13.7. The molecule has 3 aromatic rings. The number of aromatic nitrogens is 1. The lowest BCUT2D eigenvalue weighted by atomic mass is 10.0. The highest BCUT2D eigenvalue weighted by atomic mass is 16.4. The second-order valence-electron chi connectivity index (χ2n) is 11.2. The van der Waals surface area contributed by atoms with Crippen LogP contribution in [0.5, 0.6) is 5.75 Å². The van der Waals surface area contributed by atoms with Crippen LogP contribution in [0.25, 0.3) is 10.9 Å². The molecule has 14 nitrogen and oxygen atoms in total. The molecule has 1 heterocycles. The summed E-state index contributed by atoms with van der Waals surface area (Å²) in [6.45, 7) is 3.75. The van der Waals surface area contributed by atoms with Crippen molar-refractivity contribution in [1.82, 2.24) is 20.9 Å². The van der Waals surface area contributed by atoms with Crippen LogP contribution < -0.4 is 33.2 Å². The molecule has 0 bridgehead atoms. The summed E-state index contributed by atoms with van der Waals surface area (Å²) in [6.07, 6.45) is 2.15. The second-order valence-corrected chi connectivity index (χ2v) is 11.2. The van der Waals surface area contributed by atoms with Gasteiger partial charge in [-0.3, -0.25) is 19.4 Å². The SMILES string of the molecule is CC(C)C(N)C(=O)NC(CCCN=C(N)N)C(=O)NC(Cc1c[nH]c2ccccc12)C(=O)NC(Cc1ccc(O)cc1)C(=O)O. The van der Waals surface area contributed by atoms with Crippen molar-refractivity contribution in [2.75, 3.05) is 6.54 Å². The van der Waals surface area contributed by atoms with Crippen LogP contribution in [-0.4, -0.2) is 75.6 Å². The fraction of sp³-hybridized carbons (Fsp3) is 0.387. The number of phenolic OH excluding ortho intramolecular Hbond substituents is 1. The van der Waals surface area contributed by atoms with Gasteiger partial charge in [0.25, 0.3) is 0 Å². The van der Waals surface area contributed by atoms with Crippen molar-refractivity contribution in [3.63, 3.8) is 0 Å². The minimum Gasteiger partial charge on any atom is -0.508 e. The van der Waals surface area contributed by atoms with Crippen molar-refractivity contribution in [3.8, 4) is 5.75 Å². The number of H-pyrrole nitrogens is 1. The third-order valence-corrected chi connectivity index (χ3v) is 7.32. The zero-order valence-electron chi connectivity index (χ0n) is 25.3. The summed E-state index contributed by atoms with van der Waals surface area (Å²) < 4.78 is 0. The maximum absolute atomic E-state index is 13.7. The molecule has 2 aromatic carbocycles. The summed E-state index contributed by atoms with van der Waals surface area (Å²) in [5.74, 6) is -3.50.